The molecule has 1 aromatic carbocycles. The SMILES string of the molecule is Cc1c(C(=O)N2CCC3CCC(C2)N3)oc2c(C)cccc12. The van der Waals surface area contributed by atoms with E-state index in [1.54, 1.807) is 0 Å². The molecule has 1 amide bonds. The maximum Gasteiger partial charge on any atom is 0.289 e. The first-order valence-corrected chi connectivity index (χ1v) is 8.17. The highest BCUT2D eigenvalue weighted by Crippen LogP contribution is 2.29. The average Bonchev–Trinajstić information content (AvgIpc) is 3.00. The number of furan rings is 1. The Morgan fingerprint density at radius 2 is 2.05 bits per heavy atom. The van der Waals surface area contributed by atoms with Crippen LogP contribution >= 0.6 is 0 Å². The van der Waals surface area contributed by atoms with E-state index in [1.165, 1.54) is 12.8 Å². The van der Waals surface area contributed by atoms with E-state index in [0.29, 0.717) is 17.8 Å². The lowest BCUT2D eigenvalue weighted by Gasteiger charge is -2.23. The number of likely N-dealkylation sites (tertiary alicyclic amines) is 1. The van der Waals surface area contributed by atoms with Gasteiger partial charge in [-0.1, -0.05) is 18.2 Å². The van der Waals surface area contributed by atoms with E-state index < -0.39 is 0 Å². The number of nitrogens with zero attached hydrogens (tertiary/aromatic N) is 1. The normalized spacial score (nSPS) is 24.7. The van der Waals surface area contributed by atoms with Gasteiger partial charge in [0.15, 0.2) is 5.76 Å². The van der Waals surface area contributed by atoms with Crippen molar-refractivity contribution in [1.82, 2.24) is 10.2 Å². The molecule has 4 nitrogen and oxygen atoms in total. The second-order valence-corrected chi connectivity index (χ2v) is 6.69. The van der Waals surface area contributed by atoms with Crippen molar-refractivity contribution in [3.63, 3.8) is 0 Å². The van der Waals surface area contributed by atoms with Crippen LogP contribution in [0.5, 0.6) is 0 Å². The summed E-state index contributed by atoms with van der Waals surface area (Å²) in [5.74, 6) is 0.560. The van der Waals surface area contributed by atoms with E-state index in [0.717, 1.165) is 41.6 Å². The number of carbonyl (C=O) groups is 1. The number of para-hydroxylation sites is 1. The Labute approximate surface area is 130 Å². The van der Waals surface area contributed by atoms with Gasteiger partial charge in [0.25, 0.3) is 5.91 Å². The highest BCUT2D eigenvalue weighted by atomic mass is 16.3. The third-order valence-electron chi connectivity index (χ3n) is 5.17. The van der Waals surface area contributed by atoms with Crippen LogP contribution in [-0.4, -0.2) is 36.0 Å². The van der Waals surface area contributed by atoms with E-state index in [4.69, 9.17) is 4.42 Å². The van der Waals surface area contributed by atoms with Gasteiger partial charge in [-0.15, -0.1) is 0 Å². The smallest absolute Gasteiger partial charge is 0.289 e. The second-order valence-electron chi connectivity index (χ2n) is 6.69. The van der Waals surface area contributed by atoms with Crippen LogP contribution in [-0.2, 0) is 0 Å². The third-order valence-corrected chi connectivity index (χ3v) is 5.17. The predicted octanol–water partition coefficient (Wildman–Crippen LogP) is 3.02. The Bertz CT molecular complexity index is 734. The Balaban J connectivity index is 1.68. The zero-order valence-corrected chi connectivity index (χ0v) is 13.2. The van der Waals surface area contributed by atoms with Crippen LogP contribution in [0.2, 0.25) is 0 Å². The molecule has 2 atom stereocenters. The molecule has 4 rings (SSSR count). The summed E-state index contributed by atoms with van der Waals surface area (Å²) in [5, 5.41) is 4.67. The van der Waals surface area contributed by atoms with Crippen molar-refractivity contribution in [2.75, 3.05) is 13.1 Å². The fourth-order valence-corrected chi connectivity index (χ4v) is 3.86. The molecule has 2 aromatic rings. The van der Waals surface area contributed by atoms with Crippen molar-refractivity contribution in [1.29, 1.82) is 0 Å². The van der Waals surface area contributed by atoms with E-state index in [9.17, 15) is 4.79 Å². The molecule has 0 saturated carbocycles. The highest BCUT2D eigenvalue weighted by molar-refractivity contribution is 5.99. The number of carbonyl (C=O) groups excluding carboxylic acids is 1. The van der Waals surface area contributed by atoms with Crippen LogP contribution in [0.1, 0.15) is 40.9 Å². The van der Waals surface area contributed by atoms with E-state index in [-0.39, 0.29) is 5.91 Å². The van der Waals surface area contributed by atoms with Gasteiger partial charge < -0.3 is 14.6 Å². The third kappa shape index (κ3) is 2.13. The number of nitrogens with one attached hydrogen (secondary N) is 1. The van der Waals surface area contributed by atoms with Gasteiger partial charge in [0.05, 0.1) is 0 Å². The largest absolute Gasteiger partial charge is 0.450 e. The van der Waals surface area contributed by atoms with Crippen LogP contribution in [0.4, 0.5) is 0 Å². The van der Waals surface area contributed by atoms with Gasteiger partial charge in [-0.25, -0.2) is 0 Å². The maximum atomic E-state index is 12.9. The van der Waals surface area contributed by atoms with E-state index in [2.05, 4.69) is 5.32 Å². The molecular weight excluding hydrogens is 276 g/mol. The van der Waals surface area contributed by atoms with Crippen molar-refractivity contribution < 1.29 is 9.21 Å². The Morgan fingerprint density at radius 3 is 2.86 bits per heavy atom. The first-order chi connectivity index (χ1) is 10.6. The molecule has 4 heteroatoms. The molecule has 0 radical (unpaired) electrons. The molecule has 3 heterocycles. The topological polar surface area (TPSA) is 45.5 Å². The molecule has 1 aromatic heterocycles. The van der Waals surface area contributed by atoms with Crippen molar-refractivity contribution in [2.45, 2.75) is 45.2 Å². The van der Waals surface area contributed by atoms with Crippen LogP contribution in [0.15, 0.2) is 22.6 Å². The quantitative estimate of drug-likeness (QED) is 0.880. The van der Waals surface area contributed by atoms with Gasteiger partial charge in [0, 0.05) is 36.1 Å². The fourth-order valence-electron chi connectivity index (χ4n) is 3.86. The van der Waals surface area contributed by atoms with Crippen LogP contribution in [0, 0.1) is 13.8 Å². The van der Waals surface area contributed by atoms with Gasteiger partial charge in [0.1, 0.15) is 5.58 Å². The van der Waals surface area contributed by atoms with Gasteiger partial charge in [-0.3, -0.25) is 4.79 Å². The lowest BCUT2D eigenvalue weighted by atomic mass is 10.1. The average molecular weight is 298 g/mol. The highest BCUT2D eigenvalue weighted by Gasteiger charge is 2.33. The molecule has 0 aliphatic carbocycles. The predicted molar refractivity (Wildman–Crippen MR) is 86.2 cm³/mol. The minimum absolute atomic E-state index is 0.0439. The van der Waals surface area contributed by atoms with Crippen molar-refractivity contribution in [3.05, 3.63) is 35.1 Å². The molecule has 2 saturated heterocycles. The van der Waals surface area contributed by atoms with Crippen molar-refractivity contribution >= 4 is 16.9 Å². The number of rotatable bonds is 1. The lowest BCUT2D eigenvalue weighted by molar-refractivity contribution is 0.0717. The van der Waals surface area contributed by atoms with Crippen LogP contribution in [0.25, 0.3) is 11.0 Å². The minimum Gasteiger partial charge on any atom is -0.450 e. The monoisotopic (exact) mass is 298 g/mol. The second kappa shape index (κ2) is 5.13. The first-order valence-electron chi connectivity index (χ1n) is 8.17. The fraction of sp³-hybridized carbons (Fsp3) is 0.500. The molecule has 22 heavy (non-hydrogen) atoms. The molecule has 2 unspecified atom stereocenters. The van der Waals surface area contributed by atoms with Gasteiger partial charge in [-0.2, -0.15) is 0 Å². The van der Waals surface area contributed by atoms with Gasteiger partial charge in [-0.05, 0) is 38.7 Å². The van der Waals surface area contributed by atoms with Crippen molar-refractivity contribution in [3.8, 4) is 0 Å². The van der Waals surface area contributed by atoms with Crippen molar-refractivity contribution in [2.24, 2.45) is 0 Å². The molecular formula is C18H22N2O2. The minimum atomic E-state index is 0.0439. The molecule has 116 valence electrons. The van der Waals surface area contributed by atoms with E-state index in [1.807, 2.05) is 36.9 Å². The molecule has 0 spiro atoms. The molecule has 2 aliphatic rings. The summed E-state index contributed by atoms with van der Waals surface area (Å²) in [5.41, 5.74) is 2.89. The number of fused-ring (bicyclic) bond motifs is 3. The Morgan fingerprint density at radius 1 is 1.23 bits per heavy atom. The maximum absolute atomic E-state index is 12.9. The number of benzene rings is 1. The molecule has 1 N–H and O–H groups in total. The standard InChI is InChI=1S/C18H22N2O2/c1-11-4-3-5-15-12(2)17(22-16(11)15)18(21)20-9-8-13-6-7-14(10-20)19-13/h3-5,13-14,19H,6-10H2,1-2H3. The Kier molecular flexibility index (Phi) is 3.22. The summed E-state index contributed by atoms with van der Waals surface area (Å²) in [6.07, 6.45) is 3.46. The molecule has 2 fully saturated rings. The molecule has 2 bridgehead atoms. The summed E-state index contributed by atoms with van der Waals surface area (Å²) < 4.78 is 5.95. The first kappa shape index (κ1) is 13.8. The zero-order chi connectivity index (χ0) is 15.3. The summed E-state index contributed by atoms with van der Waals surface area (Å²) >= 11 is 0. The molecule has 2 aliphatic heterocycles. The number of aryl methyl sites for hydroxylation is 2. The summed E-state index contributed by atoms with van der Waals surface area (Å²) in [7, 11) is 0. The summed E-state index contributed by atoms with van der Waals surface area (Å²) in [4.78, 5) is 14.9. The summed E-state index contributed by atoms with van der Waals surface area (Å²) in [6, 6.07) is 7.10. The van der Waals surface area contributed by atoms with Crippen LogP contribution < -0.4 is 5.32 Å². The number of hydrogen-bond acceptors (Lipinski definition) is 3. The Hall–Kier alpha value is -1.81. The number of hydrogen-bond donors (Lipinski definition) is 1. The lowest BCUT2D eigenvalue weighted by Crippen LogP contribution is -2.39. The van der Waals surface area contributed by atoms with Crippen LogP contribution in [0.3, 0.4) is 0 Å². The van der Waals surface area contributed by atoms with E-state index >= 15 is 0 Å². The number of amides is 1. The zero-order valence-electron chi connectivity index (χ0n) is 13.2. The summed E-state index contributed by atoms with van der Waals surface area (Å²) in [6.45, 7) is 5.63. The van der Waals surface area contributed by atoms with Gasteiger partial charge in [0.2, 0.25) is 0 Å². The van der Waals surface area contributed by atoms with Gasteiger partial charge >= 0.3 is 0 Å².